The molecule has 0 unspecified atom stereocenters. The Hall–Kier alpha value is -0.980. The van der Waals surface area contributed by atoms with Crippen LogP contribution in [0, 0.1) is 6.92 Å². The largest absolute Gasteiger partial charge is 0.371 e. The van der Waals surface area contributed by atoms with E-state index in [1.54, 1.807) is 0 Å². The summed E-state index contributed by atoms with van der Waals surface area (Å²) in [5.41, 5.74) is 4.45. The van der Waals surface area contributed by atoms with Crippen LogP contribution in [0.25, 0.3) is 0 Å². The summed E-state index contributed by atoms with van der Waals surface area (Å²) in [6.45, 7) is 6.97. The van der Waals surface area contributed by atoms with Crippen molar-refractivity contribution in [1.82, 2.24) is 0 Å². The Morgan fingerprint density at radius 1 is 1.21 bits per heavy atom. The molecule has 0 bridgehead atoms. The Balaban J connectivity index is 2.37. The van der Waals surface area contributed by atoms with Crippen molar-refractivity contribution in [1.29, 1.82) is 0 Å². The van der Waals surface area contributed by atoms with E-state index in [0.717, 1.165) is 6.42 Å². The molecule has 1 heteroatoms. The molecule has 0 aromatic heterocycles. The molecule has 14 heavy (non-hydrogen) atoms. The fourth-order valence-electron chi connectivity index (χ4n) is 2.40. The van der Waals surface area contributed by atoms with Gasteiger partial charge in [0.1, 0.15) is 0 Å². The van der Waals surface area contributed by atoms with E-state index in [0.29, 0.717) is 0 Å². The first-order valence-corrected chi connectivity index (χ1v) is 5.66. The zero-order valence-electron chi connectivity index (χ0n) is 9.21. The number of para-hydroxylation sites is 1. The molecule has 0 saturated carbocycles. The fourth-order valence-corrected chi connectivity index (χ4v) is 2.40. The van der Waals surface area contributed by atoms with E-state index in [2.05, 4.69) is 36.9 Å². The summed E-state index contributed by atoms with van der Waals surface area (Å²) in [5, 5.41) is 0. The Bertz CT molecular complexity index is 311. The van der Waals surface area contributed by atoms with Crippen LogP contribution in [-0.4, -0.2) is 13.1 Å². The Morgan fingerprint density at radius 2 is 1.93 bits per heavy atom. The molecule has 0 N–H and O–H groups in total. The van der Waals surface area contributed by atoms with Gasteiger partial charge in [-0.05, 0) is 37.3 Å². The van der Waals surface area contributed by atoms with Gasteiger partial charge in [0.2, 0.25) is 0 Å². The molecule has 0 atom stereocenters. The minimum atomic E-state index is 1.15. The molecule has 2 rings (SSSR count). The van der Waals surface area contributed by atoms with Crippen LogP contribution in [0.2, 0.25) is 0 Å². The number of benzene rings is 1. The van der Waals surface area contributed by atoms with Crippen LogP contribution in [0.15, 0.2) is 18.2 Å². The van der Waals surface area contributed by atoms with E-state index in [1.165, 1.54) is 42.7 Å². The lowest BCUT2D eigenvalue weighted by atomic mass is 10.1. The molecule has 1 aromatic carbocycles. The van der Waals surface area contributed by atoms with E-state index in [1.807, 2.05) is 0 Å². The second-order valence-corrected chi connectivity index (χ2v) is 4.13. The first-order valence-electron chi connectivity index (χ1n) is 5.66. The molecule has 1 fully saturated rings. The standard InChI is InChI=1S/C13H19N/c1-3-12-8-6-7-11(2)13(12)14-9-4-5-10-14/h6-8H,3-5,9-10H2,1-2H3. The highest BCUT2D eigenvalue weighted by atomic mass is 15.1. The van der Waals surface area contributed by atoms with Gasteiger partial charge in [-0.3, -0.25) is 0 Å². The van der Waals surface area contributed by atoms with Crippen molar-refractivity contribution < 1.29 is 0 Å². The first kappa shape index (κ1) is 9.57. The van der Waals surface area contributed by atoms with Crippen molar-refractivity contribution in [3.8, 4) is 0 Å². The Labute approximate surface area is 86.7 Å². The lowest BCUT2D eigenvalue weighted by Gasteiger charge is -2.23. The quantitative estimate of drug-likeness (QED) is 0.690. The number of hydrogen-bond donors (Lipinski definition) is 0. The molecule has 1 aromatic rings. The molecular weight excluding hydrogens is 170 g/mol. The molecule has 0 spiro atoms. The van der Waals surface area contributed by atoms with Gasteiger partial charge in [-0.25, -0.2) is 0 Å². The lowest BCUT2D eigenvalue weighted by Crippen LogP contribution is -2.20. The zero-order valence-corrected chi connectivity index (χ0v) is 9.21. The van der Waals surface area contributed by atoms with Crippen LogP contribution in [0.4, 0.5) is 5.69 Å². The van der Waals surface area contributed by atoms with Crippen molar-refractivity contribution in [2.45, 2.75) is 33.1 Å². The van der Waals surface area contributed by atoms with E-state index >= 15 is 0 Å². The molecule has 1 nitrogen and oxygen atoms in total. The molecule has 1 heterocycles. The van der Waals surface area contributed by atoms with Crippen LogP contribution in [0.5, 0.6) is 0 Å². The number of nitrogens with zero attached hydrogens (tertiary/aromatic N) is 1. The van der Waals surface area contributed by atoms with Crippen LogP contribution >= 0.6 is 0 Å². The van der Waals surface area contributed by atoms with Crippen molar-refractivity contribution in [2.75, 3.05) is 18.0 Å². The molecule has 0 amide bonds. The predicted molar refractivity (Wildman–Crippen MR) is 62.0 cm³/mol. The maximum atomic E-state index is 2.55. The predicted octanol–water partition coefficient (Wildman–Crippen LogP) is 3.16. The summed E-state index contributed by atoms with van der Waals surface area (Å²) in [4.78, 5) is 2.55. The van der Waals surface area contributed by atoms with Gasteiger partial charge in [0.15, 0.2) is 0 Å². The summed E-state index contributed by atoms with van der Waals surface area (Å²) < 4.78 is 0. The van der Waals surface area contributed by atoms with Gasteiger partial charge < -0.3 is 4.90 Å². The van der Waals surface area contributed by atoms with E-state index < -0.39 is 0 Å². The number of anilines is 1. The summed E-state index contributed by atoms with van der Waals surface area (Å²) in [6.07, 6.45) is 3.86. The number of aryl methyl sites for hydroxylation is 2. The van der Waals surface area contributed by atoms with Gasteiger partial charge in [0.05, 0.1) is 0 Å². The molecule has 0 aliphatic carbocycles. The zero-order chi connectivity index (χ0) is 9.97. The summed E-state index contributed by atoms with van der Waals surface area (Å²) in [5.74, 6) is 0. The second-order valence-electron chi connectivity index (χ2n) is 4.13. The van der Waals surface area contributed by atoms with Crippen molar-refractivity contribution in [3.63, 3.8) is 0 Å². The van der Waals surface area contributed by atoms with Gasteiger partial charge in [-0.2, -0.15) is 0 Å². The van der Waals surface area contributed by atoms with Crippen LogP contribution < -0.4 is 4.90 Å². The smallest absolute Gasteiger partial charge is 0.0428 e. The highest BCUT2D eigenvalue weighted by Gasteiger charge is 2.16. The van der Waals surface area contributed by atoms with Crippen LogP contribution in [0.3, 0.4) is 0 Å². The molecule has 76 valence electrons. The van der Waals surface area contributed by atoms with Gasteiger partial charge in [-0.15, -0.1) is 0 Å². The SMILES string of the molecule is CCc1cccc(C)c1N1CCCC1. The maximum absolute atomic E-state index is 2.55. The molecule has 1 aliphatic rings. The molecule has 1 saturated heterocycles. The van der Waals surface area contributed by atoms with Crippen molar-refractivity contribution in [3.05, 3.63) is 29.3 Å². The van der Waals surface area contributed by atoms with Gasteiger partial charge in [-0.1, -0.05) is 25.1 Å². The minimum absolute atomic E-state index is 1.15. The van der Waals surface area contributed by atoms with Crippen molar-refractivity contribution in [2.24, 2.45) is 0 Å². The average Bonchev–Trinajstić information content (AvgIpc) is 2.70. The van der Waals surface area contributed by atoms with E-state index in [9.17, 15) is 0 Å². The lowest BCUT2D eigenvalue weighted by molar-refractivity contribution is 0.940. The normalized spacial score (nSPS) is 16.3. The summed E-state index contributed by atoms with van der Waals surface area (Å²) in [7, 11) is 0. The third-order valence-electron chi connectivity index (χ3n) is 3.12. The van der Waals surface area contributed by atoms with E-state index in [-0.39, 0.29) is 0 Å². The fraction of sp³-hybridized carbons (Fsp3) is 0.538. The van der Waals surface area contributed by atoms with Crippen LogP contribution in [0.1, 0.15) is 30.9 Å². The number of rotatable bonds is 2. The van der Waals surface area contributed by atoms with Crippen LogP contribution in [-0.2, 0) is 6.42 Å². The average molecular weight is 189 g/mol. The van der Waals surface area contributed by atoms with Gasteiger partial charge in [0, 0.05) is 18.8 Å². The second kappa shape index (κ2) is 4.04. The Morgan fingerprint density at radius 3 is 2.57 bits per heavy atom. The molecule has 0 radical (unpaired) electrons. The number of hydrogen-bond acceptors (Lipinski definition) is 1. The Kier molecular flexibility index (Phi) is 2.76. The van der Waals surface area contributed by atoms with Gasteiger partial charge >= 0.3 is 0 Å². The topological polar surface area (TPSA) is 3.24 Å². The molecular formula is C13H19N. The summed E-state index contributed by atoms with van der Waals surface area (Å²) >= 11 is 0. The monoisotopic (exact) mass is 189 g/mol. The summed E-state index contributed by atoms with van der Waals surface area (Å²) in [6, 6.07) is 6.67. The first-order chi connectivity index (χ1) is 6.83. The van der Waals surface area contributed by atoms with E-state index in [4.69, 9.17) is 0 Å². The third kappa shape index (κ3) is 1.63. The highest BCUT2D eigenvalue weighted by Crippen LogP contribution is 2.28. The van der Waals surface area contributed by atoms with Crippen molar-refractivity contribution >= 4 is 5.69 Å². The maximum Gasteiger partial charge on any atom is 0.0428 e. The molecule has 1 aliphatic heterocycles. The van der Waals surface area contributed by atoms with Gasteiger partial charge in [0.25, 0.3) is 0 Å². The third-order valence-corrected chi connectivity index (χ3v) is 3.12. The highest BCUT2D eigenvalue weighted by molar-refractivity contribution is 5.59. The minimum Gasteiger partial charge on any atom is -0.371 e.